The molecule has 110 valence electrons. The summed E-state index contributed by atoms with van der Waals surface area (Å²) in [5, 5.41) is 1.34. The van der Waals surface area contributed by atoms with Crippen LogP contribution in [0.4, 0.5) is 5.69 Å². The molecule has 1 aliphatic heterocycles. The SMILES string of the molecule is CCc1ccc(N2CCC(C(=O)N(C)OC)CC2)cc1. The van der Waals surface area contributed by atoms with Crippen LogP contribution in [-0.2, 0) is 16.1 Å². The maximum Gasteiger partial charge on any atom is 0.249 e. The van der Waals surface area contributed by atoms with Gasteiger partial charge < -0.3 is 4.90 Å². The number of carbonyl (C=O) groups is 1. The lowest BCUT2D eigenvalue weighted by Crippen LogP contribution is -2.41. The minimum Gasteiger partial charge on any atom is -0.371 e. The van der Waals surface area contributed by atoms with Crippen LogP contribution >= 0.6 is 0 Å². The number of benzene rings is 1. The topological polar surface area (TPSA) is 32.8 Å². The molecule has 4 nitrogen and oxygen atoms in total. The molecule has 1 saturated heterocycles. The van der Waals surface area contributed by atoms with E-state index >= 15 is 0 Å². The summed E-state index contributed by atoms with van der Waals surface area (Å²) in [6.07, 6.45) is 2.85. The highest BCUT2D eigenvalue weighted by molar-refractivity contribution is 5.77. The van der Waals surface area contributed by atoms with Crippen molar-refractivity contribution in [3.8, 4) is 0 Å². The fourth-order valence-electron chi connectivity index (χ4n) is 2.67. The van der Waals surface area contributed by atoms with E-state index in [1.807, 2.05) is 0 Å². The number of hydrogen-bond donors (Lipinski definition) is 0. The van der Waals surface area contributed by atoms with Crippen molar-refractivity contribution in [2.24, 2.45) is 5.92 Å². The molecule has 0 unspecified atom stereocenters. The minimum atomic E-state index is 0.0890. The Morgan fingerprint density at radius 2 is 1.90 bits per heavy atom. The molecule has 1 aromatic carbocycles. The number of carbonyl (C=O) groups excluding carboxylic acids is 1. The van der Waals surface area contributed by atoms with E-state index in [4.69, 9.17) is 4.84 Å². The average molecular weight is 276 g/mol. The molecule has 0 radical (unpaired) electrons. The van der Waals surface area contributed by atoms with Gasteiger partial charge in [0.05, 0.1) is 7.11 Å². The second-order valence-corrected chi connectivity index (χ2v) is 5.30. The van der Waals surface area contributed by atoms with Crippen molar-refractivity contribution in [1.29, 1.82) is 0 Å². The molecule has 0 N–H and O–H groups in total. The maximum absolute atomic E-state index is 12.0. The van der Waals surface area contributed by atoms with Gasteiger partial charge in [0.15, 0.2) is 0 Å². The molecule has 1 heterocycles. The lowest BCUT2D eigenvalue weighted by atomic mass is 9.95. The zero-order valence-electron chi connectivity index (χ0n) is 12.6. The van der Waals surface area contributed by atoms with Gasteiger partial charge in [-0.25, -0.2) is 5.06 Å². The number of rotatable bonds is 4. The molecular weight excluding hydrogens is 252 g/mol. The standard InChI is InChI=1S/C16H24N2O2/c1-4-13-5-7-15(8-6-13)18-11-9-14(10-12-18)16(19)17(2)20-3/h5-8,14H,4,9-12H2,1-3H3. The third-order valence-electron chi connectivity index (χ3n) is 4.14. The predicted octanol–water partition coefficient (Wildman–Crippen LogP) is 2.49. The summed E-state index contributed by atoms with van der Waals surface area (Å²) in [7, 11) is 3.21. The molecule has 1 amide bonds. The van der Waals surface area contributed by atoms with Crippen LogP contribution in [-0.4, -0.2) is 38.2 Å². The van der Waals surface area contributed by atoms with E-state index in [2.05, 4.69) is 36.1 Å². The fourth-order valence-corrected chi connectivity index (χ4v) is 2.67. The highest BCUT2D eigenvalue weighted by Gasteiger charge is 2.27. The first-order valence-corrected chi connectivity index (χ1v) is 7.31. The van der Waals surface area contributed by atoms with Crippen molar-refractivity contribution in [2.45, 2.75) is 26.2 Å². The summed E-state index contributed by atoms with van der Waals surface area (Å²) >= 11 is 0. The summed E-state index contributed by atoms with van der Waals surface area (Å²) in [6, 6.07) is 8.74. The first-order valence-electron chi connectivity index (χ1n) is 7.31. The fraction of sp³-hybridized carbons (Fsp3) is 0.562. The molecule has 0 aliphatic carbocycles. The minimum absolute atomic E-state index is 0.0890. The Bertz CT molecular complexity index is 436. The molecule has 0 atom stereocenters. The second kappa shape index (κ2) is 6.75. The van der Waals surface area contributed by atoms with Gasteiger partial charge in [0.1, 0.15) is 0 Å². The molecule has 0 saturated carbocycles. The van der Waals surface area contributed by atoms with Crippen molar-refractivity contribution in [2.75, 3.05) is 32.1 Å². The number of hydroxylamine groups is 2. The van der Waals surface area contributed by atoms with Gasteiger partial charge in [-0.05, 0) is 37.0 Å². The summed E-state index contributed by atoms with van der Waals surface area (Å²) < 4.78 is 0. The first-order chi connectivity index (χ1) is 9.65. The van der Waals surface area contributed by atoms with E-state index in [1.54, 1.807) is 7.05 Å². The number of nitrogens with zero attached hydrogens (tertiary/aromatic N) is 2. The van der Waals surface area contributed by atoms with Crippen LogP contribution in [0.1, 0.15) is 25.3 Å². The van der Waals surface area contributed by atoms with Crippen molar-refractivity contribution in [3.05, 3.63) is 29.8 Å². The molecule has 2 rings (SSSR count). The zero-order valence-corrected chi connectivity index (χ0v) is 12.6. The lowest BCUT2D eigenvalue weighted by molar-refractivity contribution is -0.174. The largest absolute Gasteiger partial charge is 0.371 e. The van der Waals surface area contributed by atoms with Gasteiger partial charge in [-0.2, -0.15) is 0 Å². The van der Waals surface area contributed by atoms with Crippen molar-refractivity contribution in [1.82, 2.24) is 5.06 Å². The number of piperidine rings is 1. The number of amides is 1. The Morgan fingerprint density at radius 3 is 2.40 bits per heavy atom. The van der Waals surface area contributed by atoms with E-state index in [0.717, 1.165) is 32.4 Å². The Balaban J connectivity index is 1.92. The molecule has 1 aliphatic rings. The van der Waals surface area contributed by atoms with Crippen LogP contribution in [0.2, 0.25) is 0 Å². The number of anilines is 1. The monoisotopic (exact) mass is 276 g/mol. The van der Waals surface area contributed by atoms with Gasteiger partial charge >= 0.3 is 0 Å². The van der Waals surface area contributed by atoms with E-state index in [-0.39, 0.29) is 11.8 Å². The first kappa shape index (κ1) is 14.9. The molecule has 4 heteroatoms. The Labute approximate surface area is 121 Å². The zero-order chi connectivity index (χ0) is 14.5. The normalized spacial score (nSPS) is 16.2. The number of hydrogen-bond acceptors (Lipinski definition) is 3. The van der Waals surface area contributed by atoms with Crippen LogP contribution in [0.3, 0.4) is 0 Å². The summed E-state index contributed by atoms with van der Waals surface area (Å²) in [6.45, 7) is 4.03. The Hall–Kier alpha value is -1.55. The summed E-state index contributed by atoms with van der Waals surface area (Å²) in [5.41, 5.74) is 2.62. The summed E-state index contributed by atoms with van der Waals surface area (Å²) in [5.74, 6) is 0.180. The predicted molar refractivity (Wildman–Crippen MR) is 80.5 cm³/mol. The second-order valence-electron chi connectivity index (χ2n) is 5.30. The number of aryl methyl sites for hydroxylation is 1. The van der Waals surface area contributed by atoms with E-state index in [1.165, 1.54) is 23.4 Å². The van der Waals surface area contributed by atoms with Crippen LogP contribution in [0.15, 0.2) is 24.3 Å². The van der Waals surface area contributed by atoms with E-state index < -0.39 is 0 Å². The Morgan fingerprint density at radius 1 is 1.30 bits per heavy atom. The van der Waals surface area contributed by atoms with Gasteiger partial charge in [-0.15, -0.1) is 0 Å². The maximum atomic E-state index is 12.0. The van der Waals surface area contributed by atoms with Crippen LogP contribution in [0.5, 0.6) is 0 Å². The van der Waals surface area contributed by atoms with Crippen molar-refractivity contribution < 1.29 is 9.63 Å². The van der Waals surface area contributed by atoms with Crippen LogP contribution in [0.25, 0.3) is 0 Å². The quantitative estimate of drug-likeness (QED) is 0.792. The average Bonchev–Trinajstić information content (AvgIpc) is 2.53. The molecule has 20 heavy (non-hydrogen) atoms. The van der Waals surface area contributed by atoms with Crippen molar-refractivity contribution >= 4 is 11.6 Å². The summed E-state index contributed by atoms with van der Waals surface area (Å²) in [4.78, 5) is 19.4. The van der Waals surface area contributed by atoms with Crippen LogP contribution in [0, 0.1) is 5.92 Å². The van der Waals surface area contributed by atoms with Gasteiger partial charge in [0, 0.05) is 31.7 Å². The molecule has 0 spiro atoms. The van der Waals surface area contributed by atoms with Gasteiger partial charge in [-0.3, -0.25) is 9.63 Å². The highest BCUT2D eigenvalue weighted by Crippen LogP contribution is 2.24. The van der Waals surface area contributed by atoms with E-state index in [9.17, 15) is 4.79 Å². The lowest BCUT2D eigenvalue weighted by Gasteiger charge is -2.34. The van der Waals surface area contributed by atoms with Crippen LogP contribution < -0.4 is 4.90 Å². The molecular formula is C16H24N2O2. The molecule has 0 bridgehead atoms. The molecule has 0 aromatic heterocycles. The third kappa shape index (κ3) is 3.31. The van der Waals surface area contributed by atoms with Gasteiger partial charge in [0.25, 0.3) is 0 Å². The molecule has 1 aromatic rings. The highest BCUT2D eigenvalue weighted by atomic mass is 16.7. The van der Waals surface area contributed by atoms with E-state index in [0.29, 0.717) is 0 Å². The smallest absolute Gasteiger partial charge is 0.249 e. The molecule has 1 fully saturated rings. The third-order valence-corrected chi connectivity index (χ3v) is 4.14. The van der Waals surface area contributed by atoms with Gasteiger partial charge in [-0.1, -0.05) is 19.1 Å². The van der Waals surface area contributed by atoms with Crippen molar-refractivity contribution in [3.63, 3.8) is 0 Å². The Kier molecular flexibility index (Phi) is 5.01. The van der Waals surface area contributed by atoms with Gasteiger partial charge in [0.2, 0.25) is 5.91 Å².